The summed E-state index contributed by atoms with van der Waals surface area (Å²) in [4.78, 5) is 6.80. The number of ether oxygens (including phenoxy) is 1. The van der Waals surface area contributed by atoms with Gasteiger partial charge in [-0.25, -0.2) is 9.37 Å². The third-order valence-corrected chi connectivity index (χ3v) is 6.42. The number of benzene rings is 1. The Morgan fingerprint density at radius 1 is 1.17 bits per heavy atom. The molecule has 0 bridgehead atoms. The first-order chi connectivity index (χ1) is 14.5. The second-order valence-electron chi connectivity index (χ2n) is 7.71. The number of fused-ring (bicyclic) bond motifs is 1. The summed E-state index contributed by atoms with van der Waals surface area (Å²) < 4.78 is 21.9. The molecule has 9 heteroatoms. The molecule has 4 heterocycles. The molecule has 156 valence electrons. The minimum atomic E-state index is -0.708. The third-order valence-electron chi connectivity index (χ3n) is 5.70. The predicted octanol–water partition coefficient (Wildman–Crippen LogP) is 5.16. The second kappa shape index (κ2) is 7.72. The Balaban J connectivity index is 1.38. The van der Waals surface area contributed by atoms with Gasteiger partial charge < -0.3 is 15.0 Å². The highest BCUT2D eigenvalue weighted by atomic mass is 35.5. The molecule has 6 nitrogen and oxygen atoms in total. The number of likely N-dealkylation sites (tertiary alicyclic amines) is 1. The topological polar surface area (TPSA) is 55.2 Å². The summed E-state index contributed by atoms with van der Waals surface area (Å²) in [5.41, 5.74) is 2.22. The van der Waals surface area contributed by atoms with E-state index in [0.717, 1.165) is 37.1 Å². The van der Waals surface area contributed by atoms with Crippen molar-refractivity contribution in [1.29, 1.82) is 0 Å². The monoisotopic (exact) mass is 447 g/mol. The standard InChI is InChI=1S/C21H20Cl2FN5O/c1-28-6-4-14(5-7-28)29-11-13(10-26-29)12-8-17-20(25-9-12)27-21(30-17)18-15(22)2-3-16(24)19(18)23/h2-3,8-11,14,21H,4-7H2,1H3,(H,25,27)/t21-/m0/s1. The van der Waals surface area contributed by atoms with Crippen LogP contribution in [0.5, 0.6) is 5.75 Å². The van der Waals surface area contributed by atoms with Gasteiger partial charge in [0, 0.05) is 23.5 Å². The first kappa shape index (κ1) is 19.6. The molecule has 0 aliphatic carbocycles. The lowest BCUT2D eigenvalue weighted by Crippen LogP contribution is -2.31. The lowest BCUT2D eigenvalue weighted by atomic mass is 10.1. The lowest BCUT2D eigenvalue weighted by Gasteiger charge is -2.28. The van der Waals surface area contributed by atoms with Crippen LogP contribution in [0, 0.1) is 5.82 Å². The molecule has 2 aliphatic heterocycles. The normalized spacial score (nSPS) is 19.4. The molecule has 1 atom stereocenters. The van der Waals surface area contributed by atoms with E-state index in [9.17, 15) is 4.39 Å². The Bertz CT molecular complexity index is 1100. The van der Waals surface area contributed by atoms with Crippen LogP contribution in [0.4, 0.5) is 10.2 Å². The first-order valence-electron chi connectivity index (χ1n) is 9.79. The smallest absolute Gasteiger partial charge is 0.200 e. The minimum absolute atomic E-state index is 0.0626. The maximum Gasteiger partial charge on any atom is 0.200 e. The third kappa shape index (κ3) is 3.51. The van der Waals surface area contributed by atoms with Gasteiger partial charge in [-0.1, -0.05) is 23.2 Å². The molecule has 0 spiro atoms. The number of nitrogens with one attached hydrogen (secondary N) is 1. The zero-order valence-electron chi connectivity index (χ0n) is 16.3. The van der Waals surface area contributed by atoms with Crippen molar-refractivity contribution in [3.05, 3.63) is 58.2 Å². The van der Waals surface area contributed by atoms with E-state index in [1.807, 2.05) is 16.9 Å². The molecule has 2 aliphatic rings. The fourth-order valence-electron chi connectivity index (χ4n) is 3.94. The largest absolute Gasteiger partial charge is 0.462 e. The second-order valence-corrected chi connectivity index (χ2v) is 8.50. The quantitative estimate of drug-likeness (QED) is 0.561. The van der Waals surface area contributed by atoms with Crippen molar-refractivity contribution in [3.63, 3.8) is 0 Å². The van der Waals surface area contributed by atoms with Gasteiger partial charge in [0.05, 0.1) is 27.8 Å². The number of nitrogens with zero attached hydrogens (tertiary/aromatic N) is 4. The summed E-state index contributed by atoms with van der Waals surface area (Å²) >= 11 is 12.4. The van der Waals surface area contributed by atoms with Crippen LogP contribution in [0.25, 0.3) is 11.1 Å². The van der Waals surface area contributed by atoms with Crippen molar-refractivity contribution in [1.82, 2.24) is 19.7 Å². The number of hydrogen-bond donors (Lipinski definition) is 1. The molecular weight excluding hydrogens is 428 g/mol. The van der Waals surface area contributed by atoms with Crippen LogP contribution in [0.2, 0.25) is 10.0 Å². The number of aromatic nitrogens is 3. The molecule has 3 aromatic rings. The Labute approximate surface area is 183 Å². The maximum absolute atomic E-state index is 13.9. The summed E-state index contributed by atoms with van der Waals surface area (Å²) in [6.07, 6.45) is 7.14. The molecule has 0 unspecified atom stereocenters. The Kier molecular flexibility index (Phi) is 5.05. The van der Waals surface area contributed by atoms with Crippen molar-refractivity contribution in [2.75, 3.05) is 25.5 Å². The van der Waals surface area contributed by atoms with Gasteiger partial charge in [-0.15, -0.1) is 0 Å². The summed E-state index contributed by atoms with van der Waals surface area (Å²) in [6.45, 7) is 2.15. The fourth-order valence-corrected chi connectivity index (χ4v) is 4.51. The number of anilines is 1. The summed E-state index contributed by atoms with van der Waals surface area (Å²) in [5, 5.41) is 7.94. The Morgan fingerprint density at radius 3 is 2.77 bits per heavy atom. The van der Waals surface area contributed by atoms with E-state index in [0.29, 0.717) is 28.2 Å². The zero-order chi connectivity index (χ0) is 20.8. The van der Waals surface area contributed by atoms with Crippen LogP contribution in [0.3, 0.4) is 0 Å². The van der Waals surface area contributed by atoms with E-state index in [-0.39, 0.29) is 5.02 Å². The van der Waals surface area contributed by atoms with Crippen LogP contribution >= 0.6 is 23.2 Å². The van der Waals surface area contributed by atoms with Crippen molar-refractivity contribution < 1.29 is 9.13 Å². The molecule has 2 aromatic heterocycles. The zero-order valence-corrected chi connectivity index (χ0v) is 17.8. The summed E-state index contributed by atoms with van der Waals surface area (Å²) in [6, 6.07) is 5.00. The van der Waals surface area contributed by atoms with E-state index in [2.05, 4.69) is 33.5 Å². The highest BCUT2D eigenvalue weighted by molar-refractivity contribution is 6.36. The van der Waals surface area contributed by atoms with Gasteiger partial charge in [0.1, 0.15) is 5.82 Å². The molecule has 30 heavy (non-hydrogen) atoms. The van der Waals surface area contributed by atoms with Gasteiger partial charge in [-0.2, -0.15) is 5.10 Å². The van der Waals surface area contributed by atoms with Gasteiger partial charge in [-0.3, -0.25) is 4.68 Å². The lowest BCUT2D eigenvalue weighted by molar-refractivity contribution is 0.212. The van der Waals surface area contributed by atoms with E-state index in [1.54, 1.807) is 6.20 Å². The number of rotatable bonds is 3. The fraction of sp³-hybridized carbons (Fsp3) is 0.333. The maximum atomic E-state index is 13.9. The molecule has 0 radical (unpaired) electrons. The molecule has 5 rings (SSSR count). The SMILES string of the molecule is CN1CCC(n2cc(-c3cnc4c(c3)O[C@@H](c3c(Cl)ccc(F)c3Cl)N4)cn2)CC1. The molecule has 1 saturated heterocycles. The van der Waals surface area contributed by atoms with Crippen LogP contribution in [-0.4, -0.2) is 39.8 Å². The first-order valence-corrected chi connectivity index (χ1v) is 10.5. The van der Waals surface area contributed by atoms with E-state index < -0.39 is 12.0 Å². The average molecular weight is 448 g/mol. The molecule has 1 aromatic carbocycles. The van der Waals surface area contributed by atoms with Crippen LogP contribution in [0.1, 0.15) is 30.7 Å². The predicted molar refractivity (Wildman–Crippen MR) is 115 cm³/mol. The van der Waals surface area contributed by atoms with Gasteiger partial charge >= 0.3 is 0 Å². The number of hydrogen-bond acceptors (Lipinski definition) is 5. The van der Waals surface area contributed by atoms with Crippen LogP contribution < -0.4 is 10.1 Å². The van der Waals surface area contributed by atoms with E-state index >= 15 is 0 Å². The summed E-state index contributed by atoms with van der Waals surface area (Å²) in [7, 11) is 2.15. The Morgan fingerprint density at radius 2 is 1.97 bits per heavy atom. The van der Waals surface area contributed by atoms with Crippen molar-refractivity contribution >= 4 is 29.0 Å². The van der Waals surface area contributed by atoms with Crippen molar-refractivity contribution in [2.45, 2.75) is 25.1 Å². The molecule has 1 fully saturated rings. The van der Waals surface area contributed by atoms with E-state index in [1.165, 1.54) is 12.1 Å². The van der Waals surface area contributed by atoms with E-state index in [4.69, 9.17) is 27.9 Å². The van der Waals surface area contributed by atoms with Crippen LogP contribution in [0.15, 0.2) is 36.8 Å². The van der Waals surface area contributed by atoms with Crippen molar-refractivity contribution in [3.8, 4) is 16.9 Å². The molecule has 0 saturated carbocycles. The van der Waals surface area contributed by atoms with Gasteiger partial charge in [0.2, 0.25) is 6.23 Å². The van der Waals surface area contributed by atoms with Crippen LogP contribution in [-0.2, 0) is 0 Å². The van der Waals surface area contributed by atoms with Crippen molar-refractivity contribution in [2.24, 2.45) is 0 Å². The minimum Gasteiger partial charge on any atom is -0.462 e. The van der Waals surface area contributed by atoms with Gasteiger partial charge in [0.25, 0.3) is 0 Å². The molecular formula is C21H20Cl2FN5O. The number of pyridine rings is 1. The number of piperidine rings is 1. The highest BCUT2D eigenvalue weighted by Gasteiger charge is 2.30. The van der Waals surface area contributed by atoms with Gasteiger partial charge in [0.15, 0.2) is 11.6 Å². The average Bonchev–Trinajstić information content (AvgIpc) is 3.38. The van der Waals surface area contributed by atoms with Gasteiger partial charge in [-0.05, 0) is 51.2 Å². The molecule has 1 N–H and O–H groups in total. The molecule has 0 amide bonds. The summed E-state index contributed by atoms with van der Waals surface area (Å²) in [5.74, 6) is 0.566. The number of halogens is 3. The highest BCUT2D eigenvalue weighted by Crippen LogP contribution is 2.43. The Hall–Kier alpha value is -2.35.